The number of carbonyl (C=O) groups is 1. The zero-order valence-corrected chi connectivity index (χ0v) is 19.1. The lowest BCUT2D eigenvalue weighted by molar-refractivity contribution is 0.0939. The van der Waals surface area contributed by atoms with Crippen molar-refractivity contribution in [2.24, 2.45) is 4.99 Å². The molecular formula is C25H31N5O2. The van der Waals surface area contributed by atoms with Crippen LogP contribution in [0.3, 0.4) is 0 Å². The lowest BCUT2D eigenvalue weighted by atomic mass is 10.1. The summed E-state index contributed by atoms with van der Waals surface area (Å²) in [4.78, 5) is 21.0. The molecule has 1 atom stereocenters. The van der Waals surface area contributed by atoms with Crippen molar-refractivity contribution in [3.8, 4) is 11.5 Å². The van der Waals surface area contributed by atoms with Crippen LogP contribution in [0.4, 0.5) is 0 Å². The second-order valence-electron chi connectivity index (χ2n) is 7.77. The molecule has 0 aliphatic heterocycles. The summed E-state index contributed by atoms with van der Waals surface area (Å²) in [7, 11) is 1.72. The van der Waals surface area contributed by atoms with Crippen LogP contribution in [-0.4, -0.2) is 29.9 Å². The van der Waals surface area contributed by atoms with E-state index < -0.39 is 0 Å². The van der Waals surface area contributed by atoms with Gasteiger partial charge in [0.2, 0.25) is 5.89 Å². The largest absolute Gasteiger partial charge is 0.444 e. The van der Waals surface area contributed by atoms with Crippen molar-refractivity contribution in [1.29, 1.82) is 0 Å². The highest BCUT2D eigenvalue weighted by Gasteiger charge is 2.09. The standard InChI is InChI=1S/C25H31N5O2/c1-5-18(3)29-23(31)20-12-8-19(9-13-20)14-27-25(26-4)28-15-22-16-32-24(30-22)21-10-6-17(2)7-11-21/h6-13,16,18H,5,14-15H2,1-4H3,(H,29,31)(H2,26,27,28). The second-order valence-corrected chi connectivity index (χ2v) is 7.77. The Balaban J connectivity index is 1.49. The highest BCUT2D eigenvalue weighted by Crippen LogP contribution is 2.19. The summed E-state index contributed by atoms with van der Waals surface area (Å²) in [6.07, 6.45) is 2.56. The monoisotopic (exact) mass is 433 g/mol. The molecule has 0 spiro atoms. The van der Waals surface area contributed by atoms with Gasteiger partial charge in [-0.1, -0.05) is 36.8 Å². The fourth-order valence-corrected chi connectivity index (χ4v) is 2.98. The molecule has 3 rings (SSSR count). The topological polar surface area (TPSA) is 91.5 Å². The average molecular weight is 434 g/mol. The number of amides is 1. The van der Waals surface area contributed by atoms with E-state index in [4.69, 9.17) is 4.42 Å². The third-order valence-electron chi connectivity index (χ3n) is 5.18. The first-order chi connectivity index (χ1) is 15.5. The first-order valence-corrected chi connectivity index (χ1v) is 10.8. The zero-order chi connectivity index (χ0) is 22.9. The lowest BCUT2D eigenvalue weighted by Crippen LogP contribution is -2.36. The van der Waals surface area contributed by atoms with Crippen molar-refractivity contribution in [3.63, 3.8) is 0 Å². The summed E-state index contributed by atoms with van der Waals surface area (Å²) in [5.41, 5.74) is 4.65. The quantitative estimate of drug-likeness (QED) is 0.368. The van der Waals surface area contributed by atoms with Gasteiger partial charge in [-0.3, -0.25) is 9.79 Å². The van der Waals surface area contributed by atoms with Crippen LogP contribution in [0.1, 0.15) is 47.4 Å². The number of aliphatic imine (C=N–C) groups is 1. The van der Waals surface area contributed by atoms with Gasteiger partial charge in [0.1, 0.15) is 6.26 Å². The molecule has 32 heavy (non-hydrogen) atoms. The molecule has 2 aromatic carbocycles. The third kappa shape index (κ3) is 6.44. The van der Waals surface area contributed by atoms with Gasteiger partial charge in [0, 0.05) is 30.8 Å². The predicted molar refractivity (Wildman–Crippen MR) is 127 cm³/mol. The maximum Gasteiger partial charge on any atom is 0.251 e. The number of aryl methyl sites for hydroxylation is 1. The minimum absolute atomic E-state index is 0.0473. The molecule has 0 saturated carbocycles. The zero-order valence-electron chi connectivity index (χ0n) is 19.1. The summed E-state index contributed by atoms with van der Waals surface area (Å²) < 4.78 is 5.60. The molecule has 0 aliphatic rings. The highest BCUT2D eigenvalue weighted by molar-refractivity contribution is 5.94. The average Bonchev–Trinajstić information content (AvgIpc) is 3.29. The summed E-state index contributed by atoms with van der Waals surface area (Å²) in [6, 6.07) is 15.8. The Bertz CT molecular complexity index is 1040. The molecule has 0 radical (unpaired) electrons. The SMILES string of the molecule is CCC(C)NC(=O)c1ccc(CNC(=NC)NCc2coc(-c3ccc(C)cc3)n2)cc1. The lowest BCUT2D eigenvalue weighted by Gasteiger charge is -2.13. The first-order valence-electron chi connectivity index (χ1n) is 10.8. The van der Waals surface area contributed by atoms with Gasteiger partial charge in [0.25, 0.3) is 5.91 Å². The van der Waals surface area contributed by atoms with Crippen LogP contribution in [0.15, 0.2) is 64.2 Å². The van der Waals surface area contributed by atoms with E-state index in [-0.39, 0.29) is 11.9 Å². The third-order valence-corrected chi connectivity index (χ3v) is 5.18. The van der Waals surface area contributed by atoms with E-state index in [9.17, 15) is 4.79 Å². The van der Waals surface area contributed by atoms with Crippen molar-refractivity contribution in [1.82, 2.24) is 20.9 Å². The van der Waals surface area contributed by atoms with Gasteiger partial charge in [0.05, 0.1) is 12.2 Å². The molecule has 3 N–H and O–H groups in total. The van der Waals surface area contributed by atoms with Crippen LogP contribution < -0.4 is 16.0 Å². The normalized spacial score (nSPS) is 12.3. The van der Waals surface area contributed by atoms with Gasteiger partial charge in [0.15, 0.2) is 5.96 Å². The molecule has 7 heteroatoms. The highest BCUT2D eigenvalue weighted by atomic mass is 16.3. The second kappa shape index (κ2) is 11.1. The van der Waals surface area contributed by atoms with Gasteiger partial charge < -0.3 is 20.4 Å². The number of rotatable bonds is 8. The molecule has 1 amide bonds. The van der Waals surface area contributed by atoms with Gasteiger partial charge in [-0.05, 0) is 50.1 Å². The minimum Gasteiger partial charge on any atom is -0.444 e. The molecule has 0 fully saturated rings. The van der Waals surface area contributed by atoms with Gasteiger partial charge in [-0.15, -0.1) is 0 Å². The fraction of sp³-hybridized carbons (Fsp3) is 0.320. The molecule has 3 aromatic rings. The summed E-state index contributed by atoms with van der Waals surface area (Å²) in [5, 5.41) is 9.48. The molecule has 0 aliphatic carbocycles. The number of nitrogens with one attached hydrogen (secondary N) is 3. The maximum absolute atomic E-state index is 12.2. The number of aromatic nitrogens is 1. The number of oxazole rings is 1. The van der Waals surface area contributed by atoms with Crippen LogP contribution in [-0.2, 0) is 13.1 Å². The van der Waals surface area contributed by atoms with E-state index in [2.05, 4.69) is 25.9 Å². The number of carbonyl (C=O) groups excluding carboxylic acids is 1. The van der Waals surface area contributed by atoms with E-state index in [1.807, 2.05) is 69.3 Å². The Morgan fingerprint density at radius 3 is 2.41 bits per heavy atom. The van der Waals surface area contributed by atoms with Crippen molar-refractivity contribution in [2.75, 3.05) is 7.05 Å². The molecule has 1 aromatic heterocycles. The molecule has 168 valence electrons. The Morgan fingerprint density at radius 1 is 1.06 bits per heavy atom. The summed E-state index contributed by atoms with van der Waals surface area (Å²) in [5.74, 6) is 1.21. The van der Waals surface area contributed by atoms with Crippen molar-refractivity contribution in [2.45, 2.75) is 46.3 Å². The Morgan fingerprint density at radius 2 is 1.75 bits per heavy atom. The van der Waals surface area contributed by atoms with E-state index in [0.29, 0.717) is 30.5 Å². The van der Waals surface area contributed by atoms with Crippen LogP contribution in [0, 0.1) is 6.92 Å². The van der Waals surface area contributed by atoms with Gasteiger partial charge in [-0.2, -0.15) is 0 Å². The number of hydrogen-bond donors (Lipinski definition) is 3. The minimum atomic E-state index is -0.0473. The van der Waals surface area contributed by atoms with Crippen LogP contribution >= 0.6 is 0 Å². The van der Waals surface area contributed by atoms with Crippen molar-refractivity contribution < 1.29 is 9.21 Å². The number of benzene rings is 2. The Hall–Kier alpha value is -3.61. The number of hydrogen-bond acceptors (Lipinski definition) is 4. The van der Waals surface area contributed by atoms with E-state index in [1.54, 1.807) is 13.3 Å². The maximum atomic E-state index is 12.2. The molecule has 7 nitrogen and oxygen atoms in total. The van der Waals surface area contributed by atoms with Gasteiger partial charge >= 0.3 is 0 Å². The Labute approximate surface area is 189 Å². The smallest absolute Gasteiger partial charge is 0.251 e. The molecule has 0 saturated heterocycles. The van der Waals surface area contributed by atoms with Crippen molar-refractivity contribution in [3.05, 3.63) is 77.2 Å². The Kier molecular flexibility index (Phi) is 8.02. The molecular weight excluding hydrogens is 402 g/mol. The number of nitrogens with zero attached hydrogens (tertiary/aromatic N) is 2. The summed E-state index contributed by atoms with van der Waals surface area (Å²) >= 11 is 0. The van der Waals surface area contributed by atoms with Crippen molar-refractivity contribution >= 4 is 11.9 Å². The number of guanidine groups is 1. The van der Waals surface area contributed by atoms with Crippen LogP contribution in [0.25, 0.3) is 11.5 Å². The fourth-order valence-electron chi connectivity index (χ4n) is 2.98. The first kappa shape index (κ1) is 23.1. The summed E-state index contributed by atoms with van der Waals surface area (Å²) in [6.45, 7) is 7.17. The van der Waals surface area contributed by atoms with E-state index >= 15 is 0 Å². The van der Waals surface area contributed by atoms with Crippen LogP contribution in [0.2, 0.25) is 0 Å². The van der Waals surface area contributed by atoms with E-state index in [1.165, 1.54) is 5.56 Å². The van der Waals surface area contributed by atoms with Gasteiger partial charge in [-0.25, -0.2) is 4.98 Å². The van der Waals surface area contributed by atoms with E-state index in [0.717, 1.165) is 23.2 Å². The molecule has 1 unspecified atom stereocenters. The molecule has 1 heterocycles. The predicted octanol–water partition coefficient (Wildman–Crippen LogP) is 4.04. The molecule has 0 bridgehead atoms. The van der Waals surface area contributed by atoms with Crippen LogP contribution in [0.5, 0.6) is 0 Å².